The van der Waals surface area contributed by atoms with Crippen molar-refractivity contribution in [3.8, 4) is 5.75 Å². The number of carbonyl (C=O) groups is 1. The molecular weight excluding hydrogens is 330 g/mol. The molecule has 0 unspecified atom stereocenters. The number of nitrogens with zero attached hydrogens (tertiary/aromatic N) is 1. The molecule has 0 atom stereocenters. The fourth-order valence-electron chi connectivity index (χ4n) is 2.48. The first-order valence-electron chi connectivity index (χ1n) is 8.13. The lowest BCUT2D eigenvalue weighted by Gasteiger charge is -2.11. The zero-order valence-electron chi connectivity index (χ0n) is 14.7. The van der Waals surface area contributed by atoms with Gasteiger partial charge in [0, 0.05) is 19.0 Å². The maximum Gasteiger partial charge on any atom is 0.285 e. The van der Waals surface area contributed by atoms with Crippen LogP contribution in [0.2, 0.25) is 0 Å². The Kier molecular flexibility index (Phi) is 5.29. The van der Waals surface area contributed by atoms with Crippen molar-refractivity contribution < 1.29 is 9.53 Å². The molecule has 0 spiro atoms. The van der Waals surface area contributed by atoms with Crippen molar-refractivity contribution in [2.24, 2.45) is 0 Å². The number of hydrogen-bond acceptors (Lipinski definition) is 3. The summed E-state index contributed by atoms with van der Waals surface area (Å²) < 4.78 is 5.94. The molecule has 25 heavy (non-hydrogen) atoms. The topological polar surface area (TPSA) is 29.5 Å². The highest BCUT2D eigenvalue weighted by molar-refractivity contribution is 8.13. The van der Waals surface area contributed by atoms with Gasteiger partial charge >= 0.3 is 0 Å². The second-order valence-electron chi connectivity index (χ2n) is 6.15. The van der Waals surface area contributed by atoms with Crippen LogP contribution in [0, 0.1) is 6.92 Å². The van der Waals surface area contributed by atoms with Gasteiger partial charge in [0.05, 0.1) is 0 Å². The van der Waals surface area contributed by atoms with Crippen molar-refractivity contribution in [3.63, 3.8) is 0 Å². The van der Waals surface area contributed by atoms with Gasteiger partial charge in [-0.3, -0.25) is 4.79 Å². The first kappa shape index (κ1) is 17.4. The zero-order valence-corrected chi connectivity index (χ0v) is 15.5. The number of aryl methyl sites for hydroxylation is 1. The molecule has 0 saturated heterocycles. The van der Waals surface area contributed by atoms with Crippen LogP contribution in [-0.2, 0) is 6.61 Å². The maximum absolute atomic E-state index is 11.8. The highest BCUT2D eigenvalue weighted by atomic mass is 32.2. The number of carbonyl (C=O) groups excluding carboxylic acids is 1. The molecule has 3 aromatic rings. The number of ether oxygens (including phenoxy) is 1. The molecular formula is C21H21NO2S. The average molecular weight is 351 g/mol. The van der Waals surface area contributed by atoms with Gasteiger partial charge in [-0.25, -0.2) is 0 Å². The van der Waals surface area contributed by atoms with E-state index >= 15 is 0 Å². The second-order valence-corrected chi connectivity index (χ2v) is 7.17. The number of fused-ring (bicyclic) bond motifs is 1. The van der Waals surface area contributed by atoms with E-state index in [1.54, 1.807) is 19.0 Å². The highest BCUT2D eigenvalue weighted by Gasteiger charge is 2.08. The molecule has 0 aliphatic rings. The first-order chi connectivity index (χ1) is 12.0. The van der Waals surface area contributed by atoms with Crippen LogP contribution in [0.15, 0.2) is 65.6 Å². The molecule has 0 N–H and O–H groups in total. The predicted molar refractivity (Wildman–Crippen MR) is 104 cm³/mol. The molecule has 0 aliphatic carbocycles. The monoisotopic (exact) mass is 351 g/mol. The summed E-state index contributed by atoms with van der Waals surface area (Å²) in [5.41, 5.74) is 2.42. The highest BCUT2D eigenvalue weighted by Crippen LogP contribution is 2.28. The maximum atomic E-state index is 11.8. The molecule has 0 fully saturated rings. The van der Waals surface area contributed by atoms with Crippen molar-refractivity contribution in [1.29, 1.82) is 0 Å². The van der Waals surface area contributed by atoms with Crippen LogP contribution in [0.3, 0.4) is 0 Å². The van der Waals surface area contributed by atoms with Gasteiger partial charge in [-0.1, -0.05) is 36.4 Å². The van der Waals surface area contributed by atoms with E-state index in [1.807, 2.05) is 48.5 Å². The van der Waals surface area contributed by atoms with Crippen molar-refractivity contribution in [2.45, 2.75) is 18.4 Å². The lowest BCUT2D eigenvalue weighted by atomic mass is 10.1. The van der Waals surface area contributed by atoms with E-state index in [-0.39, 0.29) is 5.24 Å². The Bertz CT molecular complexity index is 905. The van der Waals surface area contributed by atoms with Gasteiger partial charge in [0.1, 0.15) is 12.4 Å². The van der Waals surface area contributed by atoms with Gasteiger partial charge in [-0.2, -0.15) is 0 Å². The lowest BCUT2D eigenvalue weighted by Crippen LogP contribution is -2.15. The average Bonchev–Trinajstić information content (AvgIpc) is 2.61. The predicted octanol–water partition coefficient (Wildman–Crippen LogP) is 5.50. The molecule has 3 rings (SSSR count). The Balaban J connectivity index is 1.74. The van der Waals surface area contributed by atoms with Gasteiger partial charge in [0.25, 0.3) is 5.24 Å². The molecule has 0 saturated carbocycles. The summed E-state index contributed by atoms with van der Waals surface area (Å²) in [4.78, 5) is 14.3. The molecule has 0 bridgehead atoms. The standard InChI is InChI=1S/C21H21NO2S/c1-15-6-4-5-7-18(15)14-24-19-10-8-17-13-20(11-9-16(17)12-19)25-21(23)22(2)3/h4-13H,14H2,1-3H3. The Hall–Kier alpha value is -2.46. The van der Waals surface area contributed by atoms with Gasteiger partial charge in [-0.05, 0) is 64.9 Å². The summed E-state index contributed by atoms with van der Waals surface area (Å²) in [6.45, 7) is 2.65. The van der Waals surface area contributed by atoms with Gasteiger partial charge in [-0.15, -0.1) is 0 Å². The van der Waals surface area contributed by atoms with Crippen LogP contribution in [-0.4, -0.2) is 24.2 Å². The van der Waals surface area contributed by atoms with E-state index in [4.69, 9.17) is 4.74 Å². The minimum absolute atomic E-state index is 0.0255. The van der Waals surface area contributed by atoms with E-state index in [0.717, 1.165) is 21.4 Å². The normalized spacial score (nSPS) is 10.7. The summed E-state index contributed by atoms with van der Waals surface area (Å²) in [5.74, 6) is 0.848. The van der Waals surface area contributed by atoms with Crippen LogP contribution < -0.4 is 4.74 Å². The van der Waals surface area contributed by atoms with Crippen molar-refractivity contribution in [2.75, 3.05) is 14.1 Å². The summed E-state index contributed by atoms with van der Waals surface area (Å²) >= 11 is 1.24. The Morgan fingerprint density at radius 1 is 1.00 bits per heavy atom. The third kappa shape index (κ3) is 4.34. The van der Waals surface area contributed by atoms with Crippen LogP contribution in [0.1, 0.15) is 11.1 Å². The molecule has 3 aromatic carbocycles. The molecule has 0 aliphatic heterocycles. The van der Waals surface area contributed by atoms with E-state index < -0.39 is 0 Å². The summed E-state index contributed by atoms with van der Waals surface area (Å²) in [5, 5.41) is 2.22. The van der Waals surface area contributed by atoms with E-state index in [0.29, 0.717) is 6.61 Å². The number of benzene rings is 3. The van der Waals surface area contributed by atoms with Gasteiger partial charge in [0.15, 0.2) is 0 Å². The minimum Gasteiger partial charge on any atom is -0.489 e. The Labute approximate surface area is 152 Å². The van der Waals surface area contributed by atoms with Crippen LogP contribution in [0.4, 0.5) is 4.79 Å². The Morgan fingerprint density at radius 2 is 1.72 bits per heavy atom. The van der Waals surface area contributed by atoms with Crippen LogP contribution in [0.5, 0.6) is 5.75 Å². The second kappa shape index (κ2) is 7.62. The minimum atomic E-state index is 0.0255. The molecule has 1 amide bonds. The lowest BCUT2D eigenvalue weighted by molar-refractivity contribution is 0.241. The summed E-state index contributed by atoms with van der Waals surface area (Å²) in [6.07, 6.45) is 0. The number of rotatable bonds is 4. The fourth-order valence-corrected chi connectivity index (χ4v) is 3.19. The van der Waals surface area contributed by atoms with E-state index in [9.17, 15) is 4.79 Å². The zero-order chi connectivity index (χ0) is 17.8. The van der Waals surface area contributed by atoms with Crippen LogP contribution >= 0.6 is 11.8 Å². The smallest absolute Gasteiger partial charge is 0.285 e. The van der Waals surface area contributed by atoms with Crippen LogP contribution in [0.25, 0.3) is 10.8 Å². The third-order valence-corrected chi connectivity index (χ3v) is 5.04. The molecule has 0 radical (unpaired) electrons. The van der Waals surface area contributed by atoms with Crippen molar-refractivity contribution in [1.82, 2.24) is 4.90 Å². The molecule has 128 valence electrons. The molecule has 3 nitrogen and oxygen atoms in total. The molecule has 4 heteroatoms. The van der Waals surface area contributed by atoms with E-state index in [2.05, 4.69) is 19.1 Å². The van der Waals surface area contributed by atoms with Gasteiger partial charge < -0.3 is 9.64 Å². The van der Waals surface area contributed by atoms with Crippen molar-refractivity contribution >= 4 is 27.8 Å². The number of hydrogen-bond donors (Lipinski definition) is 0. The first-order valence-corrected chi connectivity index (χ1v) is 8.95. The fraction of sp³-hybridized carbons (Fsp3) is 0.190. The quantitative estimate of drug-likeness (QED) is 0.581. The summed E-state index contributed by atoms with van der Waals surface area (Å²) in [7, 11) is 3.52. The number of thioether (sulfide) groups is 1. The SMILES string of the molecule is Cc1ccccc1COc1ccc2cc(SC(=O)N(C)C)ccc2c1. The largest absolute Gasteiger partial charge is 0.489 e. The van der Waals surface area contributed by atoms with Gasteiger partial charge in [0.2, 0.25) is 0 Å². The Morgan fingerprint density at radius 3 is 2.48 bits per heavy atom. The summed E-state index contributed by atoms with van der Waals surface area (Å²) in [6, 6.07) is 20.3. The molecule has 0 heterocycles. The van der Waals surface area contributed by atoms with Crippen molar-refractivity contribution in [3.05, 3.63) is 71.8 Å². The number of amides is 1. The third-order valence-electron chi connectivity index (χ3n) is 4.01. The molecule has 0 aromatic heterocycles. The van der Waals surface area contributed by atoms with E-state index in [1.165, 1.54) is 22.9 Å².